The Labute approximate surface area is 114 Å². The minimum absolute atomic E-state index is 0.136. The van der Waals surface area contributed by atoms with Crippen LogP contribution in [-0.4, -0.2) is 13.5 Å². The summed E-state index contributed by atoms with van der Waals surface area (Å²) in [5, 5.41) is 10.9. The number of rotatable bonds is 4. The molecule has 0 aliphatic rings. The highest BCUT2D eigenvalue weighted by molar-refractivity contribution is 7.92. The minimum Gasteiger partial charge on any atom is -0.391 e. The van der Waals surface area contributed by atoms with Gasteiger partial charge in [0.05, 0.1) is 17.2 Å². The molecule has 0 saturated carbocycles. The van der Waals surface area contributed by atoms with Crippen LogP contribution in [0.25, 0.3) is 0 Å². The first kappa shape index (κ1) is 13.4. The molecule has 0 aliphatic carbocycles. The Balaban J connectivity index is 2.27. The predicted molar refractivity (Wildman–Crippen MR) is 72.5 cm³/mol. The van der Waals surface area contributed by atoms with Crippen LogP contribution < -0.4 is 4.72 Å². The number of hydrogen-bond acceptors (Lipinski definition) is 4. The molecule has 1 heterocycles. The molecule has 0 unspecified atom stereocenters. The van der Waals surface area contributed by atoms with Gasteiger partial charge in [-0.15, -0.1) is 11.3 Å². The van der Waals surface area contributed by atoms with Gasteiger partial charge < -0.3 is 5.11 Å². The molecule has 18 heavy (non-hydrogen) atoms. The zero-order valence-corrected chi connectivity index (χ0v) is 11.5. The number of aliphatic hydroxyl groups excluding tert-OH is 1. The Morgan fingerprint density at radius 1 is 1.33 bits per heavy atom. The van der Waals surface area contributed by atoms with E-state index in [1.165, 1.54) is 28.8 Å². The highest BCUT2D eigenvalue weighted by Crippen LogP contribution is 2.23. The average Bonchev–Trinajstić information content (AvgIpc) is 2.77. The molecular formula is C11H10ClNO3S2. The number of nitrogens with one attached hydrogen (secondary N) is 1. The molecule has 2 N–H and O–H groups in total. The van der Waals surface area contributed by atoms with E-state index in [0.29, 0.717) is 15.6 Å². The van der Waals surface area contributed by atoms with Crippen molar-refractivity contribution >= 4 is 38.6 Å². The fourth-order valence-corrected chi connectivity index (χ4v) is 3.72. The summed E-state index contributed by atoms with van der Waals surface area (Å²) in [6.45, 7) is -0.169. The van der Waals surface area contributed by atoms with Crippen LogP contribution in [0.2, 0.25) is 5.02 Å². The molecule has 0 aliphatic heterocycles. The van der Waals surface area contributed by atoms with Crippen LogP contribution in [0, 0.1) is 0 Å². The van der Waals surface area contributed by atoms with Crippen LogP contribution in [0.1, 0.15) is 4.88 Å². The number of halogens is 1. The van der Waals surface area contributed by atoms with E-state index >= 15 is 0 Å². The molecule has 0 atom stereocenters. The maximum Gasteiger partial charge on any atom is 0.262 e. The smallest absolute Gasteiger partial charge is 0.262 e. The quantitative estimate of drug-likeness (QED) is 0.912. The number of hydrogen-bond donors (Lipinski definition) is 2. The number of sulfonamides is 1. The van der Waals surface area contributed by atoms with Crippen molar-refractivity contribution in [3.8, 4) is 0 Å². The van der Waals surface area contributed by atoms with Gasteiger partial charge in [-0.1, -0.05) is 17.7 Å². The molecule has 7 heteroatoms. The molecule has 0 spiro atoms. The lowest BCUT2D eigenvalue weighted by atomic mass is 10.3. The van der Waals surface area contributed by atoms with Crippen LogP contribution in [0.15, 0.2) is 40.6 Å². The van der Waals surface area contributed by atoms with Gasteiger partial charge in [-0.2, -0.15) is 0 Å². The molecule has 2 rings (SSSR count). The largest absolute Gasteiger partial charge is 0.391 e. The highest BCUT2D eigenvalue weighted by Gasteiger charge is 2.16. The SMILES string of the molecule is O=S(=O)(Nc1cccc(Cl)c1)c1csc(CO)c1. The van der Waals surface area contributed by atoms with Gasteiger partial charge in [0, 0.05) is 15.3 Å². The molecule has 4 nitrogen and oxygen atoms in total. The second-order valence-electron chi connectivity index (χ2n) is 3.52. The second-order valence-corrected chi connectivity index (χ2v) is 6.64. The third-order valence-corrected chi connectivity index (χ3v) is 4.84. The lowest BCUT2D eigenvalue weighted by Crippen LogP contribution is -2.11. The predicted octanol–water partition coefficient (Wildman–Crippen LogP) is 2.69. The van der Waals surface area contributed by atoms with Crippen LogP contribution >= 0.6 is 22.9 Å². The van der Waals surface area contributed by atoms with Gasteiger partial charge in [0.2, 0.25) is 0 Å². The van der Waals surface area contributed by atoms with Gasteiger partial charge in [0.1, 0.15) is 0 Å². The first-order valence-corrected chi connectivity index (χ1v) is 7.72. The monoisotopic (exact) mass is 303 g/mol. The van der Waals surface area contributed by atoms with Crippen LogP contribution in [0.5, 0.6) is 0 Å². The zero-order valence-electron chi connectivity index (χ0n) is 9.13. The molecule has 96 valence electrons. The van der Waals surface area contributed by atoms with Gasteiger partial charge in [0.15, 0.2) is 0 Å². The van der Waals surface area contributed by atoms with E-state index < -0.39 is 10.0 Å². The topological polar surface area (TPSA) is 66.4 Å². The lowest BCUT2D eigenvalue weighted by molar-refractivity contribution is 0.285. The number of aliphatic hydroxyl groups is 1. The maximum atomic E-state index is 12.0. The van der Waals surface area contributed by atoms with E-state index in [1.54, 1.807) is 18.2 Å². The van der Waals surface area contributed by atoms with E-state index in [9.17, 15) is 8.42 Å². The van der Waals surface area contributed by atoms with Gasteiger partial charge in [-0.05, 0) is 24.3 Å². The van der Waals surface area contributed by atoms with Crippen molar-refractivity contribution in [3.63, 3.8) is 0 Å². The number of benzene rings is 1. The summed E-state index contributed by atoms with van der Waals surface area (Å²) in [5.74, 6) is 0. The van der Waals surface area contributed by atoms with E-state index in [0.717, 1.165) is 0 Å². The summed E-state index contributed by atoms with van der Waals surface area (Å²) >= 11 is 6.98. The summed E-state index contributed by atoms with van der Waals surface area (Å²) in [7, 11) is -3.63. The first-order chi connectivity index (χ1) is 8.51. The molecule has 1 aromatic carbocycles. The van der Waals surface area contributed by atoms with Crippen LogP contribution in [-0.2, 0) is 16.6 Å². The van der Waals surface area contributed by atoms with E-state index in [1.807, 2.05) is 0 Å². The Morgan fingerprint density at radius 2 is 2.11 bits per heavy atom. The average molecular weight is 304 g/mol. The van der Waals surface area contributed by atoms with E-state index in [-0.39, 0.29) is 11.5 Å². The molecular weight excluding hydrogens is 294 g/mol. The third kappa shape index (κ3) is 3.02. The van der Waals surface area contributed by atoms with Crippen molar-refractivity contribution < 1.29 is 13.5 Å². The van der Waals surface area contributed by atoms with Crippen molar-refractivity contribution in [2.45, 2.75) is 11.5 Å². The van der Waals surface area contributed by atoms with Crippen molar-refractivity contribution in [1.82, 2.24) is 0 Å². The fraction of sp³-hybridized carbons (Fsp3) is 0.0909. The molecule has 0 radical (unpaired) electrons. The van der Waals surface area contributed by atoms with Crippen molar-refractivity contribution in [1.29, 1.82) is 0 Å². The van der Waals surface area contributed by atoms with Crippen molar-refractivity contribution in [2.75, 3.05) is 4.72 Å². The number of anilines is 1. The van der Waals surface area contributed by atoms with E-state index in [4.69, 9.17) is 16.7 Å². The third-order valence-electron chi connectivity index (χ3n) is 2.17. The Kier molecular flexibility index (Phi) is 3.91. The molecule has 0 bridgehead atoms. The van der Waals surface area contributed by atoms with Crippen LogP contribution in [0.4, 0.5) is 5.69 Å². The summed E-state index contributed by atoms with van der Waals surface area (Å²) in [4.78, 5) is 0.734. The maximum absolute atomic E-state index is 12.0. The van der Waals surface area contributed by atoms with Gasteiger partial charge >= 0.3 is 0 Å². The molecule has 2 aromatic rings. The van der Waals surface area contributed by atoms with Gasteiger partial charge in [-0.3, -0.25) is 4.72 Å². The zero-order chi connectivity index (χ0) is 13.2. The van der Waals surface area contributed by atoms with E-state index in [2.05, 4.69) is 4.72 Å². The summed E-state index contributed by atoms with van der Waals surface area (Å²) < 4.78 is 26.5. The molecule has 0 fully saturated rings. The lowest BCUT2D eigenvalue weighted by Gasteiger charge is -2.06. The molecule has 0 saturated heterocycles. The minimum atomic E-state index is -3.63. The summed E-state index contributed by atoms with van der Waals surface area (Å²) in [6, 6.07) is 7.90. The number of thiophene rings is 1. The van der Waals surface area contributed by atoms with Gasteiger partial charge in [0.25, 0.3) is 10.0 Å². The highest BCUT2D eigenvalue weighted by atomic mass is 35.5. The first-order valence-electron chi connectivity index (χ1n) is 4.98. The molecule has 1 aromatic heterocycles. The van der Waals surface area contributed by atoms with Gasteiger partial charge in [-0.25, -0.2) is 8.42 Å². The summed E-state index contributed by atoms with van der Waals surface area (Å²) in [5.41, 5.74) is 0.402. The van der Waals surface area contributed by atoms with Crippen LogP contribution in [0.3, 0.4) is 0 Å². The van der Waals surface area contributed by atoms with Crippen molar-refractivity contribution in [2.24, 2.45) is 0 Å². The van der Waals surface area contributed by atoms with Crippen molar-refractivity contribution in [3.05, 3.63) is 45.6 Å². The Morgan fingerprint density at radius 3 is 2.72 bits per heavy atom. The normalized spacial score (nSPS) is 11.4. The standard InChI is InChI=1S/C11H10ClNO3S2/c12-8-2-1-3-9(4-8)13-18(15,16)11-5-10(6-14)17-7-11/h1-5,7,13-14H,6H2. The summed E-state index contributed by atoms with van der Waals surface area (Å²) in [6.07, 6.45) is 0. The Hall–Kier alpha value is -1.08. The Bertz CT molecular complexity index is 652. The molecule has 0 amide bonds. The fourth-order valence-electron chi connectivity index (χ4n) is 1.35. The second kappa shape index (κ2) is 5.27.